The van der Waals surface area contributed by atoms with Gasteiger partial charge in [-0.2, -0.15) is 9.73 Å². The van der Waals surface area contributed by atoms with E-state index in [4.69, 9.17) is 5.11 Å². The predicted molar refractivity (Wildman–Crippen MR) is 112 cm³/mol. The van der Waals surface area contributed by atoms with E-state index in [1.54, 1.807) is 6.07 Å². The number of quaternary nitrogens is 1. The minimum Gasteiger partial charge on any atom is -0.605 e. The third-order valence-electron chi connectivity index (χ3n) is 5.55. The number of amides is 2. The zero-order valence-corrected chi connectivity index (χ0v) is 18.4. The second-order valence-corrected chi connectivity index (χ2v) is 9.59. The molecule has 2 aliphatic heterocycles. The van der Waals surface area contributed by atoms with Gasteiger partial charge in [-0.1, -0.05) is 18.2 Å². The van der Waals surface area contributed by atoms with Gasteiger partial charge in [0.2, 0.25) is 15.9 Å². The second kappa shape index (κ2) is 9.93. The van der Waals surface area contributed by atoms with Crippen molar-refractivity contribution in [1.82, 2.24) is 20.4 Å². The third kappa shape index (κ3) is 5.54. The lowest BCUT2D eigenvalue weighted by molar-refractivity contribution is -1.01. The van der Waals surface area contributed by atoms with Gasteiger partial charge < -0.3 is 20.4 Å². The first kappa shape index (κ1) is 24.7. The van der Waals surface area contributed by atoms with Crippen molar-refractivity contribution >= 4 is 34.1 Å². The molecular weight excluding hydrogens is 458 g/mol. The molecule has 2 aliphatic rings. The van der Waals surface area contributed by atoms with E-state index >= 15 is 0 Å². The van der Waals surface area contributed by atoms with E-state index in [1.165, 1.54) is 24.3 Å². The van der Waals surface area contributed by atoms with Gasteiger partial charge in [-0.05, 0) is 12.1 Å². The molecule has 0 radical (unpaired) electrons. The van der Waals surface area contributed by atoms with E-state index in [1.807, 2.05) is 0 Å². The van der Waals surface area contributed by atoms with Crippen molar-refractivity contribution < 1.29 is 37.5 Å². The lowest BCUT2D eigenvalue weighted by Crippen LogP contribution is -2.72. The normalized spacial score (nSPS) is 26.6. The van der Waals surface area contributed by atoms with Crippen LogP contribution in [0.15, 0.2) is 35.2 Å². The average Bonchev–Trinajstić information content (AvgIpc) is 2.96. The topological polar surface area (TPSA) is 185 Å². The summed E-state index contributed by atoms with van der Waals surface area (Å²) in [5.41, 5.74) is 0. The van der Waals surface area contributed by atoms with Crippen molar-refractivity contribution in [3.05, 3.63) is 35.5 Å². The van der Waals surface area contributed by atoms with Crippen LogP contribution in [0.5, 0.6) is 0 Å². The molecule has 2 heterocycles. The Balaban J connectivity index is 1.84. The molecule has 33 heavy (non-hydrogen) atoms. The van der Waals surface area contributed by atoms with Crippen LogP contribution in [0, 0.1) is 11.1 Å². The van der Waals surface area contributed by atoms with Crippen LogP contribution >= 0.6 is 0 Å². The number of carbonyl (C=O) groups excluding carboxylic acids is 3. The van der Waals surface area contributed by atoms with Gasteiger partial charge in [0.1, 0.15) is 25.4 Å². The zero-order chi connectivity index (χ0) is 24.2. The number of hydroxylamine groups is 2. The van der Waals surface area contributed by atoms with Crippen LogP contribution in [0.1, 0.15) is 19.3 Å². The lowest BCUT2D eigenvalue weighted by atomic mass is 10.1. The largest absolute Gasteiger partial charge is 0.605 e. The van der Waals surface area contributed by atoms with Crippen molar-refractivity contribution in [2.45, 2.75) is 36.4 Å². The number of aliphatic carboxylic acids is 1. The highest BCUT2D eigenvalue weighted by atomic mass is 32.2. The molecular formula is C19H25N5O8S. The van der Waals surface area contributed by atoms with Gasteiger partial charge in [-0.3, -0.25) is 19.7 Å². The van der Waals surface area contributed by atoms with E-state index in [2.05, 4.69) is 15.4 Å². The number of fused-ring (bicyclic) bond motifs is 1. The molecule has 3 unspecified atom stereocenters. The molecule has 1 aromatic rings. The molecule has 3 rings (SSSR count). The van der Waals surface area contributed by atoms with Crippen LogP contribution in [0.2, 0.25) is 0 Å². The van der Waals surface area contributed by atoms with E-state index < -0.39 is 63.7 Å². The molecule has 0 spiro atoms. The summed E-state index contributed by atoms with van der Waals surface area (Å²) in [5, 5.41) is 28.9. The predicted octanol–water partition coefficient (Wildman–Crippen LogP) is -1.52. The van der Waals surface area contributed by atoms with E-state index in [9.17, 15) is 32.8 Å². The minimum atomic E-state index is -4.09. The Labute approximate surface area is 189 Å². The van der Waals surface area contributed by atoms with Crippen LogP contribution in [0.3, 0.4) is 0 Å². The Kier molecular flexibility index (Phi) is 7.44. The first-order valence-corrected chi connectivity index (χ1v) is 11.7. The summed E-state index contributed by atoms with van der Waals surface area (Å²) in [6.07, 6.45) is -1.75. The van der Waals surface area contributed by atoms with Gasteiger partial charge >= 0.3 is 5.97 Å². The molecule has 0 bridgehead atoms. The first-order chi connectivity index (χ1) is 15.6. The smallest absolute Gasteiger partial charge is 0.305 e. The quantitative estimate of drug-likeness (QED) is 0.194. The monoisotopic (exact) mass is 483 g/mol. The number of hydrogen-bond acceptors (Lipinski definition) is 8. The van der Waals surface area contributed by atoms with E-state index in [0.29, 0.717) is 0 Å². The highest BCUT2D eigenvalue weighted by Gasteiger charge is 2.48. The van der Waals surface area contributed by atoms with Crippen molar-refractivity contribution in [3.63, 3.8) is 0 Å². The summed E-state index contributed by atoms with van der Waals surface area (Å²) in [4.78, 5) is 47.1. The number of sulfonamides is 1. The van der Waals surface area contributed by atoms with Gasteiger partial charge in [-0.15, -0.1) is 0 Å². The first-order valence-electron chi connectivity index (χ1n) is 10.2. The average molecular weight is 484 g/mol. The van der Waals surface area contributed by atoms with Crippen LogP contribution in [-0.2, 0) is 29.2 Å². The number of nitrogens with one attached hydrogen (secondary N) is 3. The van der Waals surface area contributed by atoms with Crippen LogP contribution < -0.4 is 15.4 Å². The van der Waals surface area contributed by atoms with Gasteiger partial charge in [0.25, 0.3) is 5.91 Å². The summed E-state index contributed by atoms with van der Waals surface area (Å²) in [5.74, 6) is -3.59. The van der Waals surface area contributed by atoms with E-state index in [0.717, 1.165) is 5.01 Å². The van der Waals surface area contributed by atoms with Crippen molar-refractivity contribution in [3.8, 4) is 0 Å². The summed E-state index contributed by atoms with van der Waals surface area (Å²) >= 11 is 0. The van der Waals surface area contributed by atoms with E-state index in [-0.39, 0.29) is 37.2 Å². The molecule has 4 N–H and O–H groups in total. The maximum atomic E-state index is 14.0. The molecule has 0 aliphatic carbocycles. The van der Waals surface area contributed by atoms with Crippen molar-refractivity contribution in [2.24, 2.45) is 5.92 Å². The summed E-state index contributed by atoms with van der Waals surface area (Å²) in [7, 11) is -4.09. The highest BCUT2D eigenvalue weighted by molar-refractivity contribution is 7.89. The minimum absolute atomic E-state index is 0.0331. The molecule has 14 heteroatoms. The highest BCUT2D eigenvalue weighted by Crippen LogP contribution is 2.30. The van der Waals surface area contributed by atoms with Crippen LogP contribution in [0.4, 0.5) is 0 Å². The van der Waals surface area contributed by atoms with Gasteiger partial charge in [0.15, 0.2) is 6.17 Å². The standard InChI is InChI=1S/C19H25N5O8S/c25-11-14(8-18(27)28)21-19(29)13-9-20-12-23-17(26)7-6-16(24(23,30)10-13)22-33(31,32)15-4-2-1-3-5-15/h1-5,11,13-14,16,20,22H,6-10,12H2,(H,21,29)(H,27,28)/t13?,14-,16?,24?/m0/s1. The summed E-state index contributed by atoms with van der Waals surface area (Å²) < 4.78 is 26.6. The Hall–Kier alpha value is -2.91. The second-order valence-electron chi connectivity index (χ2n) is 7.88. The van der Waals surface area contributed by atoms with Crippen molar-refractivity contribution in [2.75, 3.05) is 19.8 Å². The number of rotatable bonds is 8. The number of benzene rings is 1. The van der Waals surface area contributed by atoms with Crippen LogP contribution in [0.25, 0.3) is 0 Å². The fourth-order valence-electron chi connectivity index (χ4n) is 3.89. The third-order valence-corrected chi connectivity index (χ3v) is 7.03. The summed E-state index contributed by atoms with van der Waals surface area (Å²) in [6.45, 7) is -0.734. The molecule has 1 aromatic carbocycles. The molecule has 0 aromatic heterocycles. The molecule has 13 nitrogen and oxygen atoms in total. The number of carboxylic acid groups (broad SMARTS) is 1. The number of hydrogen-bond donors (Lipinski definition) is 4. The lowest BCUT2D eigenvalue weighted by Gasteiger charge is -2.55. The number of nitrogens with zero attached hydrogens (tertiary/aromatic N) is 2. The fourth-order valence-corrected chi connectivity index (χ4v) is 5.18. The Morgan fingerprint density at radius 1 is 1.33 bits per heavy atom. The number of aldehydes is 1. The Morgan fingerprint density at radius 3 is 2.67 bits per heavy atom. The molecule has 2 amide bonds. The maximum absolute atomic E-state index is 14.0. The molecule has 4 atom stereocenters. The van der Waals surface area contributed by atoms with Crippen molar-refractivity contribution in [1.29, 1.82) is 0 Å². The molecule has 180 valence electrons. The Morgan fingerprint density at radius 2 is 2.03 bits per heavy atom. The number of carbonyl (C=O) groups is 4. The molecule has 2 fully saturated rings. The summed E-state index contributed by atoms with van der Waals surface area (Å²) in [6, 6.07) is 6.15. The fraction of sp³-hybridized carbons (Fsp3) is 0.474. The Bertz CT molecular complexity index is 1020. The van der Waals surface area contributed by atoms with Gasteiger partial charge in [0.05, 0.1) is 17.4 Å². The van der Waals surface area contributed by atoms with Gasteiger partial charge in [-0.25, -0.2) is 13.2 Å². The SMILES string of the molecule is O=C[C@H](CC(=O)O)NC(=O)C1CNCN2C(=O)CCC(NS(=O)(=O)c3ccccc3)[N+]2([O-])C1. The molecule has 2 saturated heterocycles. The zero-order valence-electron chi connectivity index (χ0n) is 17.5. The number of carboxylic acids is 1. The van der Waals surface area contributed by atoms with Crippen LogP contribution in [-0.4, -0.2) is 79.3 Å². The maximum Gasteiger partial charge on any atom is 0.305 e. The molecule has 0 saturated carbocycles. The van der Waals surface area contributed by atoms with Gasteiger partial charge in [0, 0.05) is 19.4 Å².